The van der Waals surface area contributed by atoms with Gasteiger partial charge in [-0.3, -0.25) is 19.5 Å². The van der Waals surface area contributed by atoms with Gasteiger partial charge in [-0.25, -0.2) is 0 Å². The largest absolute Gasteiger partial charge is 0.296 e. The number of amides is 2. The molecule has 0 aliphatic carbocycles. The smallest absolute Gasteiger partial charge is 0.261 e. The Morgan fingerprint density at radius 3 is 2.25 bits per heavy atom. The van der Waals surface area contributed by atoms with Crippen molar-refractivity contribution < 1.29 is 9.59 Å². The van der Waals surface area contributed by atoms with E-state index in [4.69, 9.17) is 0 Å². The highest BCUT2D eigenvalue weighted by molar-refractivity contribution is 6.22. The van der Waals surface area contributed by atoms with Gasteiger partial charge in [-0.2, -0.15) is 0 Å². The van der Waals surface area contributed by atoms with E-state index in [2.05, 4.69) is 4.99 Å². The van der Waals surface area contributed by atoms with E-state index in [9.17, 15) is 9.59 Å². The monoisotopic (exact) mass is 216 g/mol. The lowest BCUT2D eigenvalue weighted by atomic mass is 10.1. The first-order chi connectivity index (χ1) is 7.75. The van der Waals surface area contributed by atoms with Gasteiger partial charge in [0.2, 0.25) is 0 Å². The summed E-state index contributed by atoms with van der Waals surface area (Å²) in [5, 5.41) is 0. The van der Waals surface area contributed by atoms with E-state index in [0.29, 0.717) is 17.7 Å². The lowest BCUT2D eigenvalue weighted by molar-refractivity contribution is 0.0679. The molecule has 82 valence electrons. The van der Waals surface area contributed by atoms with E-state index in [0.717, 1.165) is 0 Å². The summed E-state index contributed by atoms with van der Waals surface area (Å²) in [4.78, 5) is 28.9. The normalized spacial score (nSPS) is 14.9. The Balaban J connectivity index is 2.25. The summed E-state index contributed by atoms with van der Waals surface area (Å²) in [7, 11) is 0. The van der Waals surface area contributed by atoms with E-state index < -0.39 is 0 Å². The highest BCUT2D eigenvalue weighted by Crippen LogP contribution is 2.21. The van der Waals surface area contributed by atoms with Crippen molar-refractivity contribution in [2.75, 3.05) is 13.1 Å². The molecule has 0 radical (unpaired) electrons. The van der Waals surface area contributed by atoms with Gasteiger partial charge in [-0.05, 0) is 19.1 Å². The third kappa shape index (κ3) is 1.62. The molecular weight excluding hydrogens is 204 g/mol. The van der Waals surface area contributed by atoms with Crippen molar-refractivity contribution in [3.05, 3.63) is 35.4 Å². The van der Waals surface area contributed by atoms with Crippen LogP contribution < -0.4 is 0 Å². The maximum atomic E-state index is 11.8. The Hall–Kier alpha value is -1.97. The average molecular weight is 216 g/mol. The van der Waals surface area contributed by atoms with Crippen LogP contribution in [0, 0.1) is 0 Å². The second-order valence-corrected chi connectivity index (χ2v) is 3.45. The lowest BCUT2D eigenvalue weighted by Crippen LogP contribution is -2.31. The van der Waals surface area contributed by atoms with Crippen molar-refractivity contribution in [3.8, 4) is 0 Å². The van der Waals surface area contributed by atoms with Gasteiger partial charge in [-0.1, -0.05) is 12.1 Å². The summed E-state index contributed by atoms with van der Waals surface area (Å²) in [6.45, 7) is 2.81. The quantitative estimate of drug-likeness (QED) is 0.566. The number of benzene rings is 1. The molecule has 0 unspecified atom stereocenters. The molecule has 0 fully saturated rings. The first-order valence-corrected chi connectivity index (χ1v) is 5.19. The molecule has 0 spiro atoms. The molecule has 16 heavy (non-hydrogen) atoms. The van der Waals surface area contributed by atoms with Crippen LogP contribution in [0.5, 0.6) is 0 Å². The molecule has 1 aliphatic heterocycles. The average Bonchev–Trinajstić information content (AvgIpc) is 2.55. The third-order valence-electron chi connectivity index (χ3n) is 2.45. The summed E-state index contributed by atoms with van der Waals surface area (Å²) in [5.41, 5.74) is 0.967. The second kappa shape index (κ2) is 4.26. The van der Waals surface area contributed by atoms with Crippen LogP contribution in [0.1, 0.15) is 27.6 Å². The predicted molar refractivity (Wildman–Crippen MR) is 60.8 cm³/mol. The Morgan fingerprint density at radius 2 is 1.75 bits per heavy atom. The molecular formula is C12H12N2O2. The SMILES string of the molecule is CCN=CCN1C(=O)c2ccccc2C1=O. The van der Waals surface area contributed by atoms with Crippen LogP contribution in [-0.4, -0.2) is 36.0 Å². The maximum Gasteiger partial charge on any atom is 0.261 e. The van der Waals surface area contributed by atoms with E-state index in [1.54, 1.807) is 30.5 Å². The van der Waals surface area contributed by atoms with Crippen LogP contribution >= 0.6 is 0 Å². The minimum absolute atomic E-state index is 0.233. The molecule has 1 aromatic carbocycles. The van der Waals surface area contributed by atoms with E-state index in [1.165, 1.54) is 4.90 Å². The minimum Gasteiger partial charge on any atom is -0.296 e. The minimum atomic E-state index is -0.233. The number of rotatable bonds is 3. The topological polar surface area (TPSA) is 49.7 Å². The van der Waals surface area contributed by atoms with Gasteiger partial charge in [0.1, 0.15) is 0 Å². The number of hydrogen-bond donors (Lipinski definition) is 0. The fourth-order valence-corrected chi connectivity index (χ4v) is 1.67. The molecule has 0 aromatic heterocycles. The molecule has 1 heterocycles. The summed E-state index contributed by atoms with van der Waals surface area (Å²) in [5.74, 6) is -0.466. The van der Waals surface area contributed by atoms with E-state index in [-0.39, 0.29) is 18.4 Å². The van der Waals surface area contributed by atoms with Gasteiger partial charge in [0, 0.05) is 12.8 Å². The molecule has 4 nitrogen and oxygen atoms in total. The number of hydrogen-bond acceptors (Lipinski definition) is 3. The van der Waals surface area contributed by atoms with Crippen LogP contribution in [-0.2, 0) is 0 Å². The maximum absolute atomic E-state index is 11.8. The fourth-order valence-electron chi connectivity index (χ4n) is 1.67. The van der Waals surface area contributed by atoms with Crippen molar-refractivity contribution in [2.45, 2.75) is 6.92 Å². The van der Waals surface area contributed by atoms with Crippen molar-refractivity contribution in [2.24, 2.45) is 4.99 Å². The number of carbonyl (C=O) groups is 2. The highest BCUT2D eigenvalue weighted by atomic mass is 16.2. The summed E-state index contributed by atoms with van der Waals surface area (Å²) in [6, 6.07) is 6.86. The molecule has 0 atom stereocenters. The van der Waals surface area contributed by atoms with Crippen molar-refractivity contribution >= 4 is 18.0 Å². The highest BCUT2D eigenvalue weighted by Gasteiger charge is 2.34. The zero-order chi connectivity index (χ0) is 11.5. The van der Waals surface area contributed by atoms with E-state index >= 15 is 0 Å². The van der Waals surface area contributed by atoms with Gasteiger partial charge in [-0.15, -0.1) is 0 Å². The van der Waals surface area contributed by atoms with Crippen LogP contribution in [0.3, 0.4) is 0 Å². The molecule has 1 aliphatic rings. The van der Waals surface area contributed by atoms with Gasteiger partial charge < -0.3 is 0 Å². The molecule has 0 bridgehead atoms. The van der Waals surface area contributed by atoms with Gasteiger partial charge in [0.15, 0.2) is 0 Å². The van der Waals surface area contributed by atoms with E-state index in [1.807, 2.05) is 6.92 Å². The molecule has 4 heteroatoms. The number of fused-ring (bicyclic) bond motifs is 1. The molecule has 2 amide bonds. The third-order valence-corrected chi connectivity index (χ3v) is 2.45. The van der Waals surface area contributed by atoms with Crippen molar-refractivity contribution in [1.82, 2.24) is 4.90 Å². The van der Waals surface area contributed by atoms with Crippen LogP contribution in [0.2, 0.25) is 0 Å². The Labute approximate surface area is 93.6 Å². The first-order valence-electron chi connectivity index (χ1n) is 5.19. The van der Waals surface area contributed by atoms with Crippen LogP contribution in [0.15, 0.2) is 29.3 Å². The van der Waals surface area contributed by atoms with Gasteiger partial charge in [0.25, 0.3) is 11.8 Å². The lowest BCUT2D eigenvalue weighted by Gasteiger charge is -2.09. The number of carbonyl (C=O) groups excluding carboxylic acids is 2. The zero-order valence-corrected chi connectivity index (χ0v) is 9.01. The van der Waals surface area contributed by atoms with Crippen molar-refractivity contribution in [3.63, 3.8) is 0 Å². The van der Waals surface area contributed by atoms with Crippen molar-refractivity contribution in [1.29, 1.82) is 0 Å². The number of aliphatic imine (C=N–C) groups is 1. The Bertz CT molecular complexity index is 431. The first kappa shape index (κ1) is 10.5. The predicted octanol–water partition coefficient (Wildman–Crippen LogP) is 1.37. The molecule has 1 aromatic rings. The summed E-state index contributed by atoms with van der Waals surface area (Å²) >= 11 is 0. The molecule has 0 saturated carbocycles. The number of imide groups is 1. The fraction of sp³-hybridized carbons (Fsp3) is 0.250. The molecule has 0 N–H and O–H groups in total. The summed E-state index contributed by atoms with van der Waals surface area (Å²) < 4.78 is 0. The second-order valence-electron chi connectivity index (χ2n) is 3.45. The van der Waals surface area contributed by atoms with Gasteiger partial charge in [0.05, 0.1) is 17.7 Å². The molecule has 2 rings (SSSR count). The Morgan fingerprint density at radius 1 is 1.19 bits per heavy atom. The number of nitrogens with zero attached hydrogens (tertiary/aromatic N) is 2. The Kier molecular flexibility index (Phi) is 2.81. The molecule has 0 saturated heterocycles. The zero-order valence-electron chi connectivity index (χ0n) is 9.01. The standard InChI is InChI=1S/C12H12N2O2/c1-2-13-7-8-14-11(15)9-5-3-4-6-10(9)12(14)16/h3-7H,2,8H2,1H3. The van der Waals surface area contributed by atoms with Gasteiger partial charge >= 0.3 is 0 Å². The van der Waals surface area contributed by atoms with Crippen LogP contribution in [0.25, 0.3) is 0 Å². The van der Waals surface area contributed by atoms with Crippen LogP contribution in [0.4, 0.5) is 0 Å². The summed E-state index contributed by atoms with van der Waals surface area (Å²) in [6.07, 6.45) is 1.60.